The smallest absolute Gasteiger partial charge is 0.323 e. The summed E-state index contributed by atoms with van der Waals surface area (Å²) in [6.07, 6.45) is 0. The van der Waals surface area contributed by atoms with Crippen molar-refractivity contribution < 1.29 is 14.4 Å². The number of primary amides is 1. The summed E-state index contributed by atoms with van der Waals surface area (Å²) in [6.45, 7) is 1.24. The van der Waals surface area contributed by atoms with Crippen molar-refractivity contribution in [1.29, 1.82) is 0 Å². The molecule has 1 saturated heterocycles. The summed E-state index contributed by atoms with van der Waals surface area (Å²) in [5, 5.41) is 0. The summed E-state index contributed by atoms with van der Waals surface area (Å²) in [6, 6.07) is -0.523. The third kappa shape index (κ3) is 2.56. The molecule has 15 heavy (non-hydrogen) atoms. The fourth-order valence-corrected chi connectivity index (χ4v) is 1.34. The van der Waals surface area contributed by atoms with Gasteiger partial charge in [0.2, 0.25) is 0 Å². The second-order valence-electron chi connectivity index (χ2n) is 3.09. The lowest BCUT2D eigenvalue weighted by molar-refractivity contribution is -0.146. The first-order valence-corrected chi connectivity index (χ1v) is 4.40. The van der Waals surface area contributed by atoms with Crippen molar-refractivity contribution in [1.82, 2.24) is 15.2 Å². The highest BCUT2D eigenvalue weighted by Gasteiger charge is 2.26. The van der Waals surface area contributed by atoms with Gasteiger partial charge in [-0.3, -0.25) is 15.0 Å². The molecule has 84 valence electrons. The van der Waals surface area contributed by atoms with E-state index in [-0.39, 0.29) is 13.1 Å². The Hall–Kier alpha value is -1.83. The van der Waals surface area contributed by atoms with E-state index in [4.69, 9.17) is 11.6 Å². The number of piperazine rings is 1. The molecular formula is C7H13N5O3. The van der Waals surface area contributed by atoms with E-state index in [0.29, 0.717) is 13.1 Å². The van der Waals surface area contributed by atoms with Crippen LogP contribution in [0.1, 0.15) is 0 Å². The zero-order valence-corrected chi connectivity index (χ0v) is 8.10. The minimum absolute atomic E-state index is 0.287. The molecule has 0 atom stereocenters. The van der Waals surface area contributed by atoms with E-state index in [1.807, 2.05) is 0 Å². The molecule has 0 bridgehead atoms. The van der Waals surface area contributed by atoms with Crippen LogP contribution in [0, 0.1) is 0 Å². The van der Waals surface area contributed by atoms with Crippen molar-refractivity contribution in [2.75, 3.05) is 26.2 Å². The Morgan fingerprint density at radius 2 is 1.47 bits per heavy atom. The largest absolute Gasteiger partial charge is 0.351 e. The summed E-state index contributed by atoms with van der Waals surface area (Å²) in [4.78, 5) is 35.7. The standard InChI is InChI=1S/C7H13N5O3/c8-7(15)12-3-1-11(2-4-12)6(14)5(13)10-9/h1-4,9H2,(H2,8,15)(H,10,13). The number of urea groups is 1. The molecule has 1 aliphatic rings. The van der Waals surface area contributed by atoms with Crippen LogP contribution in [0.3, 0.4) is 0 Å². The van der Waals surface area contributed by atoms with Crippen molar-refractivity contribution in [3.05, 3.63) is 0 Å². The molecule has 4 amide bonds. The van der Waals surface area contributed by atoms with Crippen molar-refractivity contribution >= 4 is 17.8 Å². The highest BCUT2D eigenvalue weighted by atomic mass is 16.2. The average molecular weight is 215 g/mol. The van der Waals surface area contributed by atoms with Crippen LogP contribution in [0.2, 0.25) is 0 Å². The molecular weight excluding hydrogens is 202 g/mol. The zero-order valence-electron chi connectivity index (χ0n) is 8.10. The molecule has 8 heteroatoms. The van der Waals surface area contributed by atoms with Crippen LogP contribution in [0.25, 0.3) is 0 Å². The first-order valence-electron chi connectivity index (χ1n) is 4.40. The number of nitrogens with zero attached hydrogens (tertiary/aromatic N) is 2. The van der Waals surface area contributed by atoms with Gasteiger partial charge in [0.1, 0.15) is 0 Å². The van der Waals surface area contributed by atoms with E-state index >= 15 is 0 Å². The van der Waals surface area contributed by atoms with Crippen molar-refractivity contribution in [2.45, 2.75) is 0 Å². The monoisotopic (exact) mass is 215 g/mol. The summed E-state index contributed by atoms with van der Waals surface area (Å²) >= 11 is 0. The van der Waals surface area contributed by atoms with Gasteiger partial charge >= 0.3 is 17.8 Å². The Kier molecular flexibility index (Phi) is 3.45. The lowest BCUT2D eigenvalue weighted by Gasteiger charge is -2.33. The lowest BCUT2D eigenvalue weighted by atomic mass is 10.3. The molecule has 0 saturated carbocycles. The minimum atomic E-state index is -0.859. The van der Waals surface area contributed by atoms with Gasteiger partial charge in [-0.1, -0.05) is 0 Å². The van der Waals surface area contributed by atoms with Crippen LogP contribution < -0.4 is 17.0 Å². The van der Waals surface area contributed by atoms with E-state index in [2.05, 4.69) is 0 Å². The van der Waals surface area contributed by atoms with Gasteiger partial charge in [-0.05, 0) is 0 Å². The summed E-state index contributed by atoms with van der Waals surface area (Å²) in [5.74, 6) is 3.27. The molecule has 0 aromatic heterocycles. The van der Waals surface area contributed by atoms with Crippen LogP contribution in [0.4, 0.5) is 4.79 Å². The maximum Gasteiger partial charge on any atom is 0.323 e. The molecule has 0 radical (unpaired) electrons. The van der Waals surface area contributed by atoms with Gasteiger partial charge in [0.25, 0.3) is 0 Å². The summed E-state index contributed by atoms with van der Waals surface area (Å²) in [7, 11) is 0. The van der Waals surface area contributed by atoms with E-state index in [1.165, 1.54) is 9.80 Å². The molecule has 0 aliphatic carbocycles. The number of amides is 4. The fourth-order valence-electron chi connectivity index (χ4n) is 1.34. The lowest BCUT2D eigenvalue weighted by Crippen LogP contribution is -2.55. The first kappa shape index (κ1) is 11.2. The number of hydrogen-bond acceptors (Lipinski definition) is 4. The predicted molar refractivity (Wildman–Crippen MR) is 50.1 cm³/mol. The highest BCUT2D eigenvalue weighted by Crippen LogP contribution is 2.01. The molecule has 0 aromatic carbocycles. The maximum absolute atomic E-state index is 11.3. The number of rotatable bonds is 0. The summed E-state index contributed by atoms with van der Waals surface area (Å²) < 4.78 is 0. The number of carbonyl (C=O) groups excluding carboxylic acids is 3. The van der Waals surface area contributed by atoms with Crippen LogP contribution in [0.5, 0.6) is 0 Å². The number of nitrogens with one attached hydrogen (secondary N) is 1. The molecule has 1 heterocycles. The third-order valence-corrected chi connectivity index (χ3v) is 2.20. The molecule has 1 fully saturated rings. The predicted octanol–water partition coefficient (Wildman–Crippen LogP) is -2.80. The second kappa shape index (κ2) is 4.60. The zero-order chi connectivity index (χ0) is 11.4. The quantitative estimate of drug-likeness (QED) is 0.175. The average Bonchev–Trinajstić information content (AvgIpc) is 2.27. The van der Waals surface area contributed by atoms with Gasteiger partial charge in [0.05, 0.1) is 0 Å². The van der Waals surface area contributed by atoms with Gasteiger partial charge in [-0.2, -0.15) is 0 Å². The molecule has 0 spiro atoms. The van der Waals surface area contributed by atoms with Gasteiger partial charge < -0.3 is 15.5 Å². The summed E-state index contributed by atoms with van der Waals surface area (Å²) in [5.41, 5.74) is 6.82. The van der Waals surface area contributed by atoms with Crippen molar-refractivity contribution in [3.63, 3.8) is 0 Å². The normalized spacial score (nSPS) is 16.1. The fraction of sp³-hybridized carbons (Fsp3) is 0.571. The third-order valence-electron chi connectivity index (χ3n) is 2.20. The topological polar surface area (TPSA) is 122 Å². The molecule has 1 aliphatic heterocycles. The Morgan fingerprint density at radius 1 is 1.00 bits per heavy atom. The number of carbonyl (C=O) groups is 3. The molecule has 0 aromatic rings. The Bertz CT molecular complexity index is 284. The van der Waals surface area contributed by atoms with Crippen molar-refractivity contribution in [3.8, 4) is 0 Å². The van der Waals surface area contributed by atoms with E-state index < -0.39 is 17.8 Å². The number of nitrogens with two attached hydrogens (primary N) is 2. The molecule has 8 nitrogen and oxygen atoms in total. The second-order valence-corrected chi connectivity index (χ2v) is 3.09. The van der Waals surface area contributed by atoms with Gasteiger partial charge in [0.15, 0.2) is 0 Å². The highest BCUT2D eigenvalue weighted by molar-refractivity contribution is 6.34. The van der Waals surface area contributed by atoms with E-state index in [9.17, 15) is 14.4 Å². The first-order chi connectivity index (χ1) is 7.06. The van der Waals surface area contributed by atoms with Crippen molar-refractivity contribution in [2.24, 2.45) is 11.6 Å². The number of hydrazine groups is 1. The molecule has 5 N–H and O–H groups in total. The Labute approximate surface area is 86.1 Å². The van der Waals surface area contributed by atoms with Gasteiger partial charge in [0, 0.05) is 26.2 Å². The number of hydrogen-bond donors (Lipinski definition) is 3. The van der Waals surface area contributed by atoms with E-state index in [0.717, 1.165) is 0 Å². The SMILES string of the molecule is NNC(=O)C(=O)N1CCN(C(N)=O)CC1. The van der Waals surface area contributed by atoms with Crippen LogP contribution >= 0.6 is 0 Å². The molecule has 0 unspecified atom stereocenters. The Balaban J connectivity index is 2.47. The minimum Gasteiger partial charge on any atom is -0.351 e. The van der Waals surface area contributed by atoms with Gasteiger partial charge in [-0.15, -0.1) is 0 Å². The van der Waals surface area contributed by atoms with Crippen LogP contribution in [-0.2, 0) is 9.59 Å². The Morgan fingerprint density at radius 3 is 1.87 bits per heavy atom. The van der Waals surface area contributed by atoms with E-state index in [1.54, 1.807) is 5.43 Å². The van der Waals surface area contributed by atoms with Crippen LogP contribution in [0.15, 0.2) is 0 Å². The van der Waals surface area contributed by atoms with Crippen LogP contribution in [-0.4, -0.2) is 53.8 Å². The maximum atomic E-state index is 11.3. The molecule has 1 rings (SSSR count). The van der Waals surface area contributed by atoms with Gasteiger partial charge in [-0.25, -0.2) is 10.6 Å².